The number of hydrogen-bond acceptors (Lipinski definition) is 5. The first-order valence-corrected chi connectivity index (χ1v) is 9.79. The Balaban J connectivity index is 1.59. The van der Waals surface area contributed by atoms with Crippen LogP contribution in [-0.2, 0) is 14.4 Å². The van der Waals surface area contributed by atoms with Crippen LogP contribution in [0.5, 0.6) is 5.75 Å². The molecule has 0 saturated carbocycles. The molecule has 0 aromatic heterocycles. The third-order valence-electron chi connectivity index (χ3n) is 5.62. The van der Waals surface area contributed by atoms with Gasteiger partial charge in [-0.15, -0.1) is 0 Å². The summed E-state index contributed by atoms with van der Waals surface area (Å²) in [6.07, 6.45) is -0.906. The second kappa shape index (κ2) is 7.00. The van der Waals surface area contributed by atoms with Gasteiger partial charge in [0.25, 0.3) is 5.91 Å². The molecule has 30 heavy (non-hydrogen) atoms. The average molecular weight is 400 g/mol. The first-order chi connectivity index (χ1) is 14.5. The molecular weight excluding hydrogens is 380 g/mol. The number of benzene rings is 3. The highest BCUT2D eigenvalue weighted by Crippen LogP contribution is 2.47. The summed E-state index contributed by atoms with van der Waals surface area (Å²) in [6, 6.07) is 22.9. The van der Waals surface area contributed by atoms with Gasteiger partial charge in [0.15, 0.2) is 6.10 Å². The number of hydrogen-bond donors (Lipinski definition) is 1. The predicted octanol–water partition coefficient (Wildman–Crippen LogP) is 3.75. The van der Waals surface area contributed by atoms with Crippen molar-refractivity contribution in [3.63, 3.8) is 0 Å². The minimum atomic E-state index is -0.906. The number of amides is 2. The summed E-state index contributed by atoms with van der Waals surface area (Å²) in [5.41, 5.74) is 3.06. The van der Waals surface area contributed by atoms with Crippen molar-refractivity contribution in [3.8, 4) is 5.75 Å². The topological polar surface area (TPSA) is 70.1 Å². The Labute approximate surface area is 173 Å². The molecule has 5 rings (SSSR count). The summed E-state index contributed by atoms with van der Waals surface area (Å²) in [5.74, 6) is -1.21. The number of aryl methyl sites for hydroxylation is 1. The molecule has 0 unspecified atom stereocenters. The van der Waals surface area contributed by atoms with E-state index in [9.17, 15) is 14.7 Å². The smallest absolute Gasteiger partial charge is 0.266 e. The van der Waals surface area contributed by atoms with E-state index < -0.39 is 18.1 Å². The van der Waals surface area contributed by atoms with Crippen LogP contribution in [0.15, 0.2) is 78.9 Å². The van der Waals surface area contributed by atoms with E-state index in [0.717, 1.165) is 16.8 Å². The number of carbonyl (C=O) groups is 2. The van der Waals surface area contributed by atoms with Crippen LogP contribution < -0.4 is 9.96 Å². The van der Waals surface area contributed by atoms with E-state index in [2.05, 4.69) is 0 Å². The number of aromatic hydroxyl groups is 1. The second-order valence-electron chi connectivity index (χ2n) is 7.60. The molecule has 2 fully saturated rings. The van der Waals surface area contributed by atoms with E-state index in [4.69, 9.17) is 4.84 Å². The van der Waals surface area contributed by atoms with Crippen LogP contribution in [0.25, 0.3) is 0 Å². The molecule has 1 N–H and O–H groups in total. The van der Waals surface area contributed by atoms with Crippen molar-refractivity contribution in [1.82, 2.24) is 0 Å². The highest BCUT2D eigenvalue weighted by atomic mass is 16.7. The van der Waals surface area contributed by atoms with E-state index >= 15 is 0 Å². The Bertz CT molecular complexity index is 1110. The number of phenolic OH excluding ortho intramolecular Hbond substituents is 1. The zero-order valence-corrected chi connectivity index (χ0v) is 16.3. The lowest BCUT2D eigenvalue weighted by atomic mass is 9.90. The molecule has 0 radical (unpaired) electrons. The van der Waals surface area contributed by atoms with Gasteiger partial charge in [0.2, 0.25) is 5.91 Å². The van der Waals surface area contributed by atoms with Crippen molar-refractivity contribution >= 4 is 23.2 Å². The summed E-state index contributed by atoms with van der Waals surface area (Å²) in [4.78, 5) is 34.0. The van der Waals surface area contributed by atoms with E-state index in [1.807, 2.05) is 55.5 Å². The van der Waals surface area contributed by atoms with Gasteiger partial charge in [-0.1, -0.05) is 42.5 Å². The molecule has 2 saturated heterocycles. The van der Waals surface area contributed by atoms with Crippen LogP contribution in [-0.4, -0.2) is 23.0 Å². The Morgan fingerprint density at radius 3 is 2.23 bits per heavy atom. The van der Waals surface area contributed by atoms with Crippen LogP contribution in [0, 0.1) is 12.8 Å². The largest absolute Gasteiger partial charge is 0.508 e. The van der Waals surface area contributed by atoms with E-state index in [0.29, 0.717) is 5.69 Å². The number of phenols is 1. The summed E-state index contributed by atoms with van der Waals surface area (Å²) in [6.45, 7) is 1.92. The maximum atomic E-state index is 13.5. The van der Waals surface area contributed by atoms with Crippen LogP contribution in [0.1, 0.15) is 17.2 Å². The Morgan fingerprint density at radius 1 is 0.833 bits per heavy atom. The molecule has 150 valence electrons. The van der Waals surface area contributed by atoms with Gasteiger partial charge in [-0.25, -0.2) is 9.96 Å². The quantitative estimate of drug-likeness (QED) is 0.678. The highest BCUT2D eigenvalue weighted by molar-refractivity contribution is 6.23. The van der Waals surface area contributed by atoms with Gasteiger partial charge in [-0.05, 0) is 54.4 Å². The highest BCUT2D eigenvalue weighted by Gasteiger charge is 2.60. The number of rotatable bonds is 3. The number of fused-ring (bicyclic) bond motifs is 1. The average Bonchev–Trinajstić information content (AvgIpc) is 3.26. The lowest BCUT2D eigenvalue weighted by Crippen LogP contribution is -2.37. The van der Waals surface area contributed by atoms with Crippen LogP contribution in [0.3, 0.4) is 0 Å². The van der Waals surface area contributed by atoms with E-state index in [1.165, 1.54) is 4.90 Å². The van der Waals surface area contributed by atoms with Gasteiger partial charge in [0.1, 0.15) is 11.7 Å². The zero-order chi connectivity index (χ0) is 20.8. The Morgan fingerprint density at radius 2 is 1.53 bits per heavy atom. The third kappa shape index (κ3) is 2.84. The number of anilines is 2. The van der Waals surface area contributed by atoms with Crippen molar-refractivity contribution < 1.29 is 19.5 Å². The first-order valence-electron chi connectivity index (χ1n) is 9.79. The summed E-state index contributed by atoms with van der Waals surface area (Å²) in [7, 11) is 0. The van der Waals surface area contributed by atoms with Crippen molar-refractivity contribution in [3.05, 3.63) is 90.0 Å². The Hall–Kier alpha value is -3.64. The molecule has 0 aliphatic carbocycles. The van der Waals surface area contributed by atoms with Crippen molar-refractivity contribution in [1.29, 1.82) is 0 Å². The van der Waals surface area contributed by atoms with Crippen molar-refractivity contribution in [2.24, 2.45) is 5.92 Å². The summed E-state index contributed by atoms with van der Waals surface area (Å²) in [5, 5.41) is 11.4. The van der Waals surface area contributed by atoms with Crippen molar-refractivity contribution in [2.45, 2.75) is 19.1 Å². The second-order valence-corrected chi connectivity index (χ2v) is 7.60. The minimum absolute atomic E-state index is 0.135. The van der Waals surface area contributed by atoms with Crippen LogP contribution in [0.4, 0.5) is 11.4 Å². The molecule has 6 heteroatoms. The fourth-order valence-corrected chi connectivity index (χ4v) is 4.25. The molecule has 2 amide bonds. The lowest BCUT2D eigenvalue weighted by molar-refractivity contribution is -0.126. The number of carbonyl (C=O) groups excluding carboxylic acids is 2. The number of hydroxylamine groups is 1. The van der Waals surface area contributed by atoms with Crippen LogP contribution in [0.2, 0.25) is 0 Å². The maximum absolute atomic E-state index is 13.5. The van der Waals surface area contributed by atoms with Gasteiger partial charge >= 0.3 is 0 Å². The zero-order valence-electron chi connectivity index (χ0n) is 16.3. The Kier molecular flexibility index (Phi) is 4.29. The lowest BCUT2D eigenvalue weighted by Gasteiger charge is -2.28. The van der Waals surface area contributed by atoms with E-state index in [1.54, 1.807) is 35.4 Å². The molecule has 0 bridgehead atoms. The summed E-state index contributed by atoms with van der Waals surface area (Å²) < 4.78 is 0. The number of imide groups is 1. The van der Waals surface area contributed by atoms with E-state index in [-0.39, 0.29) is 17.6 Å². The standard InChI is InChI=1S/C24H20N2O4/c1-15-6-5-9-18(14-15)25-23(28)20-21(16-10-12-19(27)13-11-16)26(30-22(20)24(25)29)17-7-3-2-4-8-17/h2-14,20-22,27H,1H3/t20-,21+,22+/m0/s1. The maximum Gasteiger partial charge on any atom is 0.266 e. The molecule has 2 aliphatic rings. The molecule has 6 nitrogen and oxygen atoms in total. The van der Waals surface area contributed by atoms with Gasteiger partial charge in [0, 0.05) is 0 Å². The molecule has 0 spiro atoms. The third-order valence-corrected chi connectivity index (χ3v) is 5.62. The van der Waals surface area contributed by atoms with Gasteiger partial charge < -0.3 is 5.11 Å². The molecule has 3 aromatic carbocycles. The fraction of sp³-hybridized carbons (Fsp3) is 0.167. The minimum Gasteiger partial charge on any atom is -0.508 e. The van der Waals surface area contributed by atoms with Gasteiger partial charge in [0.05, 0.1) is 17.4 Å². The fourth-order valence-electron chi connectivity index (χ4n) is 4.25. The SMILES string of the molecule is Cc1cccc(N2C(=O)[C@H]3[C@@H](c4ccc(O)cc4)N(c4ccccc4)O[C@H]3C2=O)c1. The monoisotopic (exact) mass is 400 g/mol. The number of para-hydroxylation sites is 1. The molecule has 2 aliphatic heterocycles. The predicted molar refractivity (Wildman–Crippen MR) is 112 cm³/mol. The van der Waals surface area contributed by atoms with Crippen molar-refractivity contribution in [2.75, 3.05) is 9.96 Å². The van der Waals surface area contributed by atoms with Crippen LogP contribution >= 0.6 is 0 Å². The number of nitrogens with zero attached hydrogens (tertiary/aromatic N) is 2. The molecule has 3 atom stereocenters. The normalized spacial score (nSPS) is 23.2. The van der Waals surface area contributed by atoms with Gasteiger partial charge in [-0.2, -0.15) is 0 Å². The summed E-state index contributed by atoms with van der Waals surface area (Å²) >= 11 is 0. The molecule has 3 aromatic rings. The molecule has 2 heterocycles. The van der Waals surface area contributed by atoms with Gasteiger partial charge in [-0.3, -0.25) is 14.4 Å². The first kappa shape index (κ1) is 18.4. The molecular formula is C24H20N2O4.